The Morgan fingerprint density at radius 1 is 1.50 bits per heavy atom. The molecule has 1 heterocycles. The third-order valence-electron chi connectivity index (χ3n) is 2.34. The van der Waals surface area contributed by atoms with Crippen LogP contribution in [0.25, 0.3) is 0 Å². The van der Waals surface area contributed by atoms with Crippen LogP contribution in [0.4, 0.5) is 20.4 Å². The van der Waals surface area contributed by atoms with Crippen LogP contribution in [-0.2, 0) is 11.3 Å². The van der Waals surface area contributed by atoms with Crippen molar-refractivity contribution < 1.29 is 23.2 Å². The number of halogens is 2. The molecule has 1 amide bonds. The maximum absolute atomic E-state index is 12.1. The minimum atomic E-state index is -2.97. The molecule has 0 aliphatic carbocycles. The maximum atomic E-state index is 12.1. The number of ether oxygens (including phenoxy) is 1. The molecule has 2 rings (SSSR count). The van der Waals surface area contributed by atoms with E-state index in [0.29, 0.717) is 0 Å². The number of anilines is 1. The molecule has 0 spiro atoms. The molecule has 0 aliphatic heterocycles. The van der Waals surface area contributed by atoms with E-state index in [0.717, 1.165) is 11.0 Å². The Kier molecular flexibility index (Phi) is 4.56. The van der Waals surface area contributed by atoms with Gasteiger partial charge in [0.15, 0.2) is 0 Å². The van der Waals surface area contributed by atoms with E-state index >= 15 is 0 Å². The number of amides is 1. The molecule has 0 aliphatic rings. The van der Waals surface area contributed by atoms with Gasteiger partial charge in [-0.05, 0) is 17.1 Å². The molecule has 0 saturated carbocycles. The van der Waals surface area contributed by atoms with Gasteiger partial charge in [-0.25, -0.2) is 0 Å². The van der Waals surface area contributed by atoms with Crippen LogP contribution < -0.4 is 10.1 Å². The molecule has 1 N–H and O–H groups in total. The molecule has 0 atom stereocenters. The molecule has 2 aromatic rings. The van der Waals surface area contributed by atoms with Crippen LogP contribution in [0.15, 0.2) is 30.6 Å². The standard InChI is InChI=1S/C11H9F2N5O4/c12-10(13)22-8-3-1-2-7(4-8)15-9(19)5-17-6-14-11(16-17)18(20)21/h1-4,6,10H,5H2,(H,15,19). The zero-order chi connectivity index (χ0) is 16.1. The van der Waals surface area contributed by atoms with E-state index in [1.165, 1.54) is 24.3 Å². The van der Waals surface area contributed by atoms with Crippen LogP contribution >= 0.6 is 0 Å². The van der Waals surface area contributed by atoms with Crippen LogP contribution in [0.2, 0.25) is 0 Å². The number of carbonyl (C=O) groups excluding carboxylic acids is 1. The van der Waals surface area contributed by atoms with E-state index in [-0.39, 0.29) is 18.0 Å². The van der Waals surface area contributed by atoms with Gasteiger partial charge in [0.25, 0.3) is 0 Å². The van der Waals surface area contributed by atoms with Crippen molar-refractivity contribution in [1.29, 1.82) is 0 Å². The fourth-order valence-electron chi connectivity index (χ4n) is 1.54. The summed E-state index contributed by atoms with van der Waals surface area (Å²) in [4.78, 5) is 24.7. The first-order valence-electron chi connectivity index (χ1n) is 5.82. The molecule has 0 fully saturated rings. The summed E-state index contributed by atoms with van der Waals surface area (Å²) in [6.07, 6.45) is 1.04. The van der Waals surface area contributed by atoms with Gasteiger partial charge in [0, 0.05) is 16.9 Å². The van der Waals surface area contributed by atoms with Crippen molar-refractivity contribution in [1.82, 2.24) is 14.8 Å². The second-order valence-corrected chi connectivity index (χ2v) is 3.95. The second-order valence-electron chi connectivity index (χ2n) is 3.95. The molecule has 1 aromatic carbocycles. The lowest BCUT2D eigenvalue weighted by Crippen LogP contribution is -2.19. The van der Waals surface area contributed by atoms with Crippen molar-refractivity contribution in [2.45, 2.75) is 13.2 Å². The molecule has 0 unspecified atom stereocenters. The van der Waals surface area contributed by atoms with Gasteiger partial charge in [-0.3, -0.25) is 4.79 Å². The Morgan fingerprint density at radius 3 is 2.91 bits per heavy atom. The van der Waals surface area contributed by atoms with Gasteiger partial charge in [0.2, 0.25) is 12.2 Å². The zero-order valence-electron chi connectivity index (χ0n) is 10.8. The number of alkyl halides is 2. The summed E-state index contributed by atoms with van der Waals surface area (Å²) in [5.74, 6) is -1.29. The Bertz CT molecular complexity index is 691. The quantitative estimate of drug-likeness (QED) is 0.637. The van der Waals surface area contributed by atoms with Crippen LogP contribution in [0, 0.1) is 10.1 Å². The van der Waals surface area contributed by atoms with Crippen molar-refractivity contribution in [3.05, 3.63) is 40.7 Å². The highest BCUT2D eigenvalue weighted by Crippen LogP contribution is 2.19. The van der Waals surface area contributed by atoms with E-state index in [2.05, 4.69) is 20.1 Å². The minimum absolute atomic E-state index is 0.107. The topological polar surface area (TPSA) is 112 Å². The number of nitrogens with one attached hydrogen (secondary N) is 1. The lowest BCUT2D eigenvalue weighted by Gasteiger charge is -2.07. The Labute approximate surface area is 121 Å². The van der Waals surface area contributed by atoms with Crippen LogP contribution in [-0.4, -0.2) is 32.2 Å². The fraction of sp³-hybridized carbons (Fsp3) is 0.182. The average Bonchev–Trinajstić information content (AvgIpc) is 2.86. The lowest BCUT2D eigenvalue weighted by atomic mass is 10.3. The second kappa shape index (κ2) is 6.56. The minimum Gasteiger partial charge on any atom is -0.435 e. The molecule has 116 valence electrons. The van der Waals surface area contributed by atoms with Crippen LogP contribution in [0.5, 0.6) is 5.75 Å². The van der Waals surface area contributed by atoms with E-state index in [1.807, 2.05) is 0 Å². The molecule has 22 heavy (non-hydrogen) atoms. The van der Waals surface area contributed by atoms with Crippen molar-refractivity contribution in [3.8, 4) is 5.75 Å². The number of carbonyl (C=O) groups is 1. The molecule has 11 heteroatoms. The highest BCUT2D eigenvalue weighted by Gasteiger charge is 2.15. The Balaban J connectivity index is 1.97. The third-order valence-corrected chi connectivity index (χ3v) is 2.34. The Morgan fingerprint density at radius 2 is 2.27 bits per heavy atom. The van der Waals surface area contributed by atoms with Crippen molar-refractivity contribution in [2.75, 3.05) is 5.32 Å². The third kappa shape index (κ3) is 4.19. The smallest absolute Gasteiger partial charge is 0.435 e. The lowest BCUT2D eigenvalue weighted by molar-refractivity contribution is -0.394. The van der Waals surface area contributed by atoms with E-state index in [9.17, 15) is 23.7 Å². The highest BCUT2D eigenvalue weighted by atomic mass is 19.3. The molecule has 0 bridgehead atoms. The number of rotatable bonds is 6. The van der Waals surface area contributed by atoms with E-state index in [1.54, 1.807) is 0 Å². The highest BCUT2D eigenvalue weighted by molar-refractivity contribution is 5.90. The first-order chi connectivity index (χ1) is 10.4. The normalized spacial score (nSPS) is 10.5. The number of aromatic nitrogens is 3. The predicted octanol–water partition coefficient (Wildman–Crippen LogP) is 1.43. The van der Waals surface area contributed by atoms with E-state index < -0.39 is 23.4 Å². The number of nitrogens with zero attached hydrogens (tertiary/aromatic N) is 4. The van der Waals surface area contributed by atoms with Gasteiger partial charge < -0.3 is 20.2 Å². The zero-order valence-corrected chi connectivity index (χ0v) is 10.8. The summed E-state index contributed by atoms with van der Waals surface area (Å²) in [6.45, 7) is -3.29. The van der Waals surface area contributed by atoms with Gasteiger partial charge in [0.1, 0.15) is 12.3 Å². The van der Waals surface area contributed by atoms with Crippen molar-refractivity contribution in [2.24, 2.45) is 0 Å². The number of nitro groups is 1. The molecule has 0 radical (unpaired) electrons. The van der Waals surface area contributed by atoms with Gasteiger partial charge in [-0.2, -0.15) is 13.5 Å². The van der Waals surface area contributed by atoms with Crippen LogP contribution in [0.1, 0.15) is 0 Å². The van der Waals surface area contributed by atoms with Gasteiger partial charge >= 0.3 is 12.6 Å². The Hall–Kier alpha value is -3.11. The van der Waals surface area contributed by atoms with Crippen molar-refractivity contribution >= 4 is 17.5 Å². The van der Waals surface area contributed by atoms with Crippen molar-refractivity contribution in [3.63, 3.8) is 0 Å². The monoisotopic (exact) mass is 313 g/mol. The number of hydrogen-bond acceptors (Lipinski definition) is 6. The first-order valence-corrected chi connectivity index (χ1v) is 5.82. The number of benzene rings is 1. The summed E-state index contributed by atoms with van der Waals surface area (Å²) in [5, 5.41) is 16.3. The molecule has 0 saturated heterocycles. The average molecular weight is 313 g/mol. The maximum Gasteiger partial charge on any atom is 0.490 e. The molecular formula is C11H9F2N5O4. The summed E-state index contributed by atoms with van der Waals surface area (Å²) >= 11 is 0. The van der Waals surface area contributed by atoms with Gasteiger partial charge in [0.05, 0.1) is 0 Å². The van der Waals surface area contributed by atoms with Crippen LogP contribution in [0.3, 0.4) is 0 Å². The number of hydrogen-bond donors (Lipinski definition) is 1. The molecule has 9 nitrogen and oxygen atoms in total. The largest absolute Gasteiger partial charge is 0.490 e. The summed E-state index contributed by atoms with van der Waals surface area (Å²) in [6, 6.07) is 5.42. The van der Waals surface area contributed by atoms with Gasteiger partial charge in [-0.15, -0.1) is 0 Å². The summed E-state index contributed by atoms with van der Waals surface area (Å²) < 4.78 is 29.3. The molecule has 1 aromatic heterocycles. The summed E-state index contributed by atoms with van der Waals surface area (Å²) in [7, 11) is 0. The first kappa shape index (κ1) is 15.3. The summed E-state index contributed by atoms with van der Waals surface area (Å²) in [5.41, 5.74) is 0.234. The SMILES string of the molecule is O=C(Cn1cnc([N+](=O)[O-])n1)Nc1cccc(OC(F)F)c1. The van der Waals surface area contributed by atoms with E-state index in [4.69, 9.17) is 0 Å². The molecular weight excluding hydrogens is 304 g/mol. The fourth-order valence-corrected chi connectivity index (χ4v) is 1.54. The predicted molar refractivity (Wildman–Crippen MR) is 68.4 cm³/mol. The van der Waals surface area contributed by atoms with Gasteiger partial charge in [-0.1, -0.05) is 11.1 Å².